The van der Waals surface area contributed by atoms with E-state index in [1.165, 1.54) is 35.4 Å². The van der Waals surface area contributed by atoms with Crippen molar-refractivity contribution < 1.29 is 18.3 Å². The lowest BCUT2D eigenvalue weighted by molar-refractivity contribution is 0.0635. The van der Waals surface area contributed by atoms with E-state index in [1.54, 1.807) is 43.5 Å². The number of anilines is 1. The van der Waals surface area contributed by atoms with Gasteiger partial charge in [-0.1, -0.05) is 18.5 Å². The number of carbonyl (C=O) groups is 1. The van der Waals surface area contributed by atoms with Crippen LogP contribution in [-0.2, 0) is 11.2 Å². The lowest BCUT2D eigenvalue weighted by atomic mass is 10.0. The number of tetrazole rings is 1. The third-order valence-corrected chi connectivity index (χ3v) is 7.30. The van der Waals surface area contributed by atoms with Crippen LogP contribution in [0.15, 0.2) is 53.7 Å². The summed E-state index contributed by atoms with van der Waals surface area (Å²) in [4.78, 5) is 37.9. The summed E-state index contributed by atoms with van der Waals surface area (Å²) in [5.41, 5.74) is 0.167. The number of H-pyrrole nitrogens is 1. The minimum absolute atomic E-state index is 0.0984. The van der Waals surface area contributed by atoms with Crippen LogP contribution in [0, 0.1) is 17.6 Å². The summed E-state index contributed by atoms with van der Waals surface area (Å²) >= 11 is 6.28. The van der Waals surface area contributed by atoms with Gasteiger partial charge in [0.05, 0.1) is 35.0 Å². The van der Waals surface area contributed by atoms with Gasteiger partial charge in [-0.05, 0) is 67.4 Å². The summed E-state index contributed by atoms with van der Waals surface area (Å²) in [6, 6.07) is 8.54. The Labute approximate surface area is 254 Å². The molecule has 0 spiro atoms. The predicted octanol–water partition coefficient (Wildman–Crippen LogP) is 5.34. The number of benzene rings is 2. The van der Waals surface area contributed by atoms with E-state index in [0.717, 1.165) is 0 Å². The Bertz CT molecular complexity index is 1950. The van der Waals surface area contributed by atoms with Crippen molar-refractivity contribution in [1.82, 2.24) is 39.7 Å². The van der Waals surface area contributed by atoms with Crippen LogP contribution in [0.5, 0.6) is 0 Å². The molecule has 2 aromatic carbocycles. The van der Waals surface area contributed by atoms with Gasteiger partial charge in [-0.2, -0.15) is 4.68 Å². The van der Waals surface area contributed by atoms with E-state index in [0.29, 0.717) is 40.0 Å². The zero-order chi connectivity index (χ0) is 31.3. The highest BCUT2D eigenvalue weighted by molar-refractivity contribution is 6.31. The number of halogens is 3. The highest BCUT2D eigenvalue weighted by Gasteiger charge is 2.35. The number of carbonyl (C=O) groups excluding carboxylic acids is 1. The molecule has 12 nitrogen and oxygen atoms in total. The third kappa shape index (κ3) is 5.43. The number of amides is 1. The first kappa shape index (κ1) is 29.1. The Morgan fingerprint density at radius 2 is 1.93 bits per heavy atom. The Hall–Kier alpha value is -4.98. The monoisotopic (exact) mass is 621 g/mol. The maximum Gasteiger partial charge on any atom is 0.412 e. The van der Waals surface area contributed by atoms with Crippen LogP contribution in [0.3, 0.4) is 0 Å². The van der Waals surface area contributed by atoms with Crippen molar-refractivity contribution in [1.29, 1.82) is 0 Å². The van der Waals surface area contributed by atoms with Gasteiger partial charge in [0.15, 0.2) is 11.6 Å². The van der Waals surface area contributed by atoms with Crippen LogP contribution >= 0.6 is 11.6 Å². The van der Waals surface area contributed by atoms with E-state index in [9.17, 15) is 14.0 Å². The molecule has 6 rings (SSSR count). The number of ether oxygens (including phenoxy) is 1. The molecule has 2 atom stereocenters. The Kier molecular flexibility index (Phi) is 7.24. The first-order valence-electron chi connectivity index (χ1n) is 13.6. The van der Waals surface area contributed by atoms with Crippen molar-refractivity contribution in [3.8, 4) is 28.2 Å². The molecule has 0 saturated heterocycles. The number of imidazole rings is 1. The molecule has 226 valence electrons. The topological polar surface area (TPSA) is 146 Å². The van der Waals surface area contributed by atoms with Gasteiger partial charge in [-0.25, -0.2) is 23.5 Å². The molecular weight excluding hydrogens is 596 g/mol. The number of nitrogens with zero attached hydrogens (tertiary/aromatic N) is 7. The number of aromatic nitrogens is 8. The molecule has 0 radical (unpaired) electrons. The van der Waals surface area contributed by atoms with E-state index >= 15 is 4.39 Å². The normalized spacial score (nSPS) is 16.2. The van der Waals surface area contributed by atoms with Gasteiger partial charge in [0.2, 0.25) is 0 Å². The summed E-state index contributed by atoms with van der Waals surface area (Å²) in [7, 11) is 0. The molecule has 5 aromatic rings. The fraction of sp³-hybridized carbons (Fsp3) is 0.276. The molecule has 3 aromatic heterocycles. The van der Waals surface area contributed by atoms with Crippen molar-refractivity contribution in [3.05, 3.63) is 87.6 Å². The highest BCUT2D eigenvalue weighted by atomic mass is 35.5. The molecule has 0 aliphatic carbocycles. The van der Waals surface area contributed by atoms with Gasteiger partial charge in [0.1, 0.15) is 23.6 Å². The SMILES string of the molecule is C[C@H]1Cc2nc(-c3cc(Cl)ccc3-n3cnnn3)cc(=O)n2[C@@H]1c1ncc(-c2ccc(NC(=O)OC(C)(C)C)c(F)c2F)[nH]1. The molecule has 44 heavy (non-hydrogen) atoms. The third-order valence-electron chi connectivity index (χ3n) is 7.06. The number of aromatic amines is 1. The molecule has 15 heteroatoms. The van der Waals surface area contributed by atoms with E-state index in [-0.39, 0.29) is 28.4 Å². The van der Waals surface area contributed by atoms with Crippen molar-refractivity contribution in [2.45, 2.75) is 45.8 Å². The zero-order valence-electron chi connectivity index (χ0n) is 24.0. The Balaban J connectivity index is 1.31. The van der Waals surface area contributed by atoms with Crippen LogP contribution < -0.4 is 10.9 Å². The van der Waals surface area contributed by atoms with Crippen molar-refractivity contribution in [3.63, 3.8) is 0 Å². The van der Waals surface area contributed by atoms with E-state index in [1.807, 2.05) is 6.92 Å². The second kappa shape index (κ2) is 10.9. The lowest BCUT2D eigenvalue weighted by Gasteiger charge is -2.20. The number of rotatable bonds is 5. The molecule has 0 fully saturated rings. The largest absolute Gasteiger partial charge is 0.444 e. The molecule has 0 unspecified atom stereocenters. The first-order chi connectivity index (χ1) is 20.9. The molecular formula is C29H26ClF2N9O3. The van der Waals surface area contributed by atoms with E-state index in [4.69, 9.17) is 21.3 Å². The summed E-state index contributed by atoms with van der Waals surface area (Å²) < 4.78 is 38.2. The highest BCUT2D eigenvalue weighted by Crippen LogP contribution is 2.36. The number of fused-ring (bicyclic) bond motifs is 1. The quantitative estimate of drug-likeness (QED) is 0.268. The minimum atomic E-state index is -1.25. The van der Waals surface area contributed by atoms with Crippen LogP contribution in [0.4, 0.5) is 19.3 Å². The maximum atomic E-state index is 15.2. The maximum absolute atomic E-state index is 15.2. The molecule has 0 bridgehead atoms. The minimum Gasteiger partial charge on any atom is -0.444 e. The smallest absolute Gasteiger partial charge is 0.412 e. The lowest BCUT2D eigenvalue weighted by Crippen LogP contribution is -2.27. The standard InChI is InChI=1S/C29H26ClF2N9O3/c1-14-9-22-35-19(17-10-15(30)5-8-21(17)40-13-34-38-39-40)11-23(42)41(22)26(14)27-33-12-20(36-27)16-6-7-18(25(32)24(16)31)37-28(43)44-29(2,3)4/h5-8,10-14,26H,9H2,1-4H3,(H,33,36)(H,37,43)/t14-,26-/m0/s1. The van der Waals surface area contributed by atoms with Gasteiger partial charge in [0, 0.05) is 28.6 Å². The molecule has 1 aliphatic rings. The van der Waals surface area contributed by atoms with Crippen molar-refractivity contribution in [2.24, 2.45) is 5.92 Å². The summed E-state index contributed by atoms with van der Waals surface area (Å²) in [6.45, 7) is 6.92. The summed E-state index contributed by atoms with van der Waals surface area (Å²) in [6.07, 6.45) is 2.35. The van der Waals surface area contributed by atoms with Crippen LogP contribution in [-0.4, -0.2) is 51.4 Å². The molecule has 2 N–H and O–H groups in total. The van der Waals surface area contributed by atoms with Gasteiger partial charge < -0.3 is 9.72 Å². The first-order valence-corrected chi connectivity index (χ1v) is 14.0. The Morgan fingerprint density at radius 1 is 1.14 bits per heavy atom. The number of nitrogens with one attached hydrogen (secondary N) is 2. The Morgan fingerprint density at radius 3 is 2.66 bits per heavy atom. The van der Waals surface area contributed by atoms with Crippen LogP contribution in [0.2, 0.25) is 5.02 Å². The summed E-state index contributed by atoms with van der Waals surface area (Å²) in [5.74, 6) is -1.63. The van der Waals surface area contributed by atoms with Gasteiger partial charge >= 0.3 is 6.09 Å². The average molecular weight is 622 g/mol. The molecule has 1 aliphatic heterocycles. The average Bonchev–Trinajstić information content (AvgIpc) is 3.70. The second-order valence-electron chi connectivity index (χ2n) is 11.4. The predicted molar refractivity (Wildman–Crippen MR) is 156 cm³/mol. The van der Waals surface area contributed by atoms with Gasteiger partial charge in [-0.3, -0.25) is 14.7 Å². The molecule has 1 amide bonds. The number of hydrogen-bond donors (Lipinski definition) is 2. The second-order valence-corrected chi connectivity index (χ2v) is 11.8. The zero-order valence-corrected chi connectivity index (χ0v) is 24.7. The van der Waals surface area contributed by atoms with Crippen molar-refractivity contribution in [2.75, 3.05) is 5.32 Å². The van der Waals surface area contributed by atoms with Crippen LogP contribution in [0.25, 0.3) is 28.2 Å². The molecule has 4 heterocycles. The fourth-order valence-corrected chi connectivity index (χ4v) is 5.41. The van der Waals surface area contributed by atoms with Gasteiger partial charge in [-0.15, -0.1) is 5.10 Å². The fourth-order valence-electron chi connectivity index (χ4n) is 5.24. The van der Waals surface area contributed by atoms with Crippen LogP contribution in [0.1, 0.15) is 45.4 Å². The summed E-state index contributed by atoms with van der Waals surface area (Å²) in [5, 5.41) is 14.0. The number of hydrogen-bond acceptors (Lipinski definition) is 8. The van der Waals surface area contributed by atoms with Crippen molar-refractivity contribution >= 4 is 23.4 Å². The van der Waals surface area contributed by atoms with Gasteiger partial charge in [0.25, 0.3) is 5.56 Å². The van der Waals surface area contributed by atoms with E-state index < -0.39 is 29.4 Å². The molecule has 0 saturated carbocycles. The van der Waals surface area contributed by atoms with E-state index in [2.05, 4.69) is 30.8 Å².